The first-order valence-electron chi connectivity index (χ1n) is 6.06. The predicted molar refractivity (Wildman–Crippen MR) is 62.3 cm³/mol. The maximum atomic E-state index is 9.82. The molecule has 0 aromatic carbocycles. The van der Waals surface area contributed by atoms with Gasteiger partial charge in [0.1, 0.15) is 0 Å². The van der Waals surface area contributed by atoms with Crippen LogP contribution in [-0.2, 0) is 4.74 Å². The van der Waals surface area contributed by atoms with E-state index < -0.39 is 5.60 Å². The van der Waals surface area contributed by atoms with Crippen molar-refractivity contribution in [2.24, 2.45) is 10.7 Å². The van der Waals surface area contributed by atoms with Crippen molar-refractivity contribution < 1.29 is 9.84 Å². The summed E-state index contributed by atoms with van der Waals surface area (Å²) in [7, 11) is 0. The Kier molecular flexibility index (Phi) is 3.66. The number of nitrogens with two attached hydrogens (primary N) is 1. The molecule has 0 bridgehead atoms. The summed E-state index contributed by atoms with van der Waals surface area (Å²) in [5.41, 5.74) is 5.12. The van der Waals surface area contributed by atoms with Crippen LogP contribution in [0, 0.1) is 0 Å². The number of aliphatic hydroxyl groups is 1. The molecule has 2 aliphatic rings. The van der Waals surface area contributed by atoms with Gasteiger partial charge < -0.3 is 20.9 Å². The third-order valence-electron chi connectivity index (χ3n) is 3.36. The second kappa shape index (κ2) is 5.01. The second-order valence-corrected chi connectivity index (χ2v) is 4.80. The van der Waals surface area contributed by atoms with E-state index in [1.807, 2.05) is 0 Å². The van der Waals surface area contributed by atoms with Crippen molar-refractivity contribution in [2.75, 3.05) is 19.7 Å². The summed E-state index contributed by atoms with van der Waals surface area (Å²) in [4.78, 5) is 4.16. The molecule has 5 nitrogen and oxygen atoms in total. The fraction of sp³-hybridized carbons (Fsp3) is 0.909. The van der Waals surface area contributed by atoms with Gasteiger partial charge in [-0.2, -0.15) is 0 Å². The Morgan fingerprint density at radius 3 is 2.88 bits per heavy atom. The first-order valence-corrected chi connectivity index (χ1v) is 6.06. The van der Waals surface area contributed by atoms with E-state index in [1.165, 1.54) is 0 Å². The van der Waals surface area contributed by atoms with Gasteiger partial charge in [-0.1, -0.05) is 0 Å². The van der Waals surface area contributed by atoms with Crippen molar-refractivity contribution in [3.05, 3.63) is 0 Å². The summed E-state index contributed by atoms with van der Waals surface area (Å²) in [5.74, 6) is 0.413. The van der Waals surface area contributed by atoms with E-state index in [0.717, 1.165) is 38.7 Å². The van der Waals surface area contributed by atoms with E-state index in [9.17, 15) is 5.11 Å². The van der Waals surface area contributed by atoms with E-state index in [2.05, 4.69) is 10.3 Å². The second-order valence-electron chi connectivity index (χ2n) is 4.80. The summed E-state index contributed by atoms with van der Waals surface area (Å²) in [5, 5.41) is 12.9. The quantitative estimate of drug-likeness (QED) is 0.466. The number of nitrogens with zero attached hydrogens (tertiary/aromatic N) is 1. The summed E-state index contributed by atoms with van der Waals surface area (Å²) < 4.78 is 5.46. The third kappa shape index (κ3) is 3.09. The third-order valence-corrected chi connectivity index (χ3v) is 3.36. The number of rotatable bonds is 4. The zero-order valence-electron chi connectivity index (χ0n) is 9.61. The molecule has 5 heteroatoms. The molecule has 0 aromatic heterocycles. The molecule has 1 unspecified atom stereocenters. The minimum Gasteiger partial charge on any atom is -0.388 e. The Morgan fingerprint density at radius 2 is 2.31 bits per heavy atom. The van der Waals surface area contributed by atoms with Gasteiger partial charge in [0.25, 0.3) is 0 Å². The van der Waals surface area contributed by atoms with E-state index in [4.69, 9.17) is 10.5 Å². The molecular weight excluding hydrogens is 206 g/mol. The van der Waals surface area contributed by atoms with Crippen LogP contribution in [-0.4, -0.2) is 42.5 Å². The first-order chi connectivity index (χ1) is 7.68. The van der Waals surface area contributed by atoms with Gasteiger partial charge in [0.15, 0.2) is 5.96 Å². The van der Waals surface area contributed by atoms with Gasteiger partial charge in [-0.05, 0) is 32.1 Å². The number of aliphatic imine (C=N–C) groups is 1. The van der Waals surface area contributed by atoms with Gasteiger partial charge in [-0.25, -0.2) is 0 Å². The Labute approximate surface area is 96.1 Å². The zero-order valence-corrected chi connectivity index (χ0v) is 9.61. The zero-order chi connectivity index (χ0) is 11.4. The molecular formula is C11H21N3O2. The summed E-state index contributed by atoms with van der Waals surface area (Å²) >= 11 is 0. The van der Waals surface area contributed by atoms with Crippen LogP contribution >= 0.6 is 0 Å². The lowest BCUT2D eigenvalue weighted by Crippen LogP contribution is -2.42. The highest BCUT2D eigenvalue weighted by Crippen LogP contribution is 2.31. The van der Waals surface area contributed by atoms with Crippen LogP contribution in [0.5, 0.6) is 0 Å². The van der Waals surface area contributed by atoms with Gasteiger partial charge in [0, 0.05) is 13.2 Å². The van der Waals surface area contributed by atoms with Crippen LogP contribution in [0.3, 0.4) is 0 Å². The molecule has 0 aromatic rings. The fourth-order valence-electron chi connectivity index (χ4n) is 2.05. The number of nitrogens with one attached hydrogen (secondary N) is 1. The molecule has 4 N–H and O–H groups in total. The molecule has 0 radical (unpaired) electrons. The Bertz CT molecular complexity index is 258. The molecule has 1 atom stereocenters. The molecule has 0 spiro atoms. The normalized spacial score (nSPS) is 28.8. The monoisotopic (exact) mass is 227 g/mol. The minimum absolute atomic E-state index is 0.264. The molecule has 2 fully saturated rings. The molecule has 0 amide bonds. The minimum atomic E-state index is -0.587. The van der Waals surface area contributed by atoms with E-state index in [-0.39, 0.29) is 6.10 Å². The number of ether oxygens (including phenoxy) is 1. The lowest BCUT2D eigenvalue weighted by atomic mass is 9.80. The highest BCUT2D eigenvalue weighted by atomic mass is 16.5. The highest BCUT2D eigenvalue weighted by molar-refractivity contribution is 5.77. The van der Waals surface area contributed by atoms with Crippen molar-refractivity contribution in [3.63, 3.8) is 0 Å². The lowest BCUT2D eigenvalue weighted by molar-refractivity contribution is -0.0235. The van der Waals surface area contributed by atoms with E-state index in [0.29, 0.717) is 19.0 Å². The van der Waals surface area contributed by atoms with Crippen LogP contribution in [0.25, 0.3) is 0 Å². The number of guanidine groups is 1. The SMILES string of the molecule is NC(=NCC1(O)CCC1)NCC1CCCO1. The van der Waals surface area contributed by atoms with Crippen LogP contribution in [0.1, 0.15) is 32.1 Å². The molecule has 1 heterocycles. The summed E-state index contributed by atoms with van der Waals surface area (Å²) in [6.45, 7) is 1.98. The van der Waals surface area contributed by atoms with Crippen LogP contribution < -0.4 is 11.1 Å². The standard InChI is InChI=1S/C11H21N3O2/c12-10(13-7-9-3-1-6-16-9)14-8-11(15)4-2-5-11/h9,15H,1-8H2,(H3,12,13,14). The lowest BCUT2D eigenvalue weighted by Gasteiger charge is -2.35. The molecule has 2 rings (SSSR count). The largest absolute Gasteiger partial charge is 0.388 e. The van der Waals surface area contributed by atoms with Crippen molar-refractivity contribution >= 4 is 5.96 Å². The van der Waals surface area contributed by atoms with Crippen LogP contribution in [0.2, 0.25) is 0 Å². The Hall–Kier alpha value is -0.810. The predicted octanol–water partition coefficient (Wildman–Crippen LogP) is -0.0153. The number of hydrogen-bond acceptors (Lipinski definition) is 3. The van der Waals surface area contributed by atoms with Gasteiger partial charge in [0.2, 0.25) is 0 Å². The van der Waals surface area contributed by atoms with E-state index >= 15 is 0 Å². The van der Waals surface area contributed by atoms with Crippen LogP contribution in [0.15, 0.2) is 4.99 Å². The van der Waals surface area contributed by atoms with Crippen molar-refractivity contribution in [3.8, 4) is 0 Å². The van der Waals surface area contributed by atoms with E-state index in [1.54, 1.807) is 0 Å². The smallest absolute Gasteiger partial charge is 0.188 e. The van der Waals surface area contributed by atoms with Gasteiger partial charge in [-0.3, -0.25) is 4.99 Å². The van der Waals surface area contributed by atoms with Crippen molar-refractivity contribution in [2.45, 2.75) is 43.8 Å². The first kappa shape index (κ1) is 11.7. The average molecular weight is 227 g/mol. The topological polar surface area (TPSA) is 79.9 Å². The summed E-state index contributed by atoms with van der Waals surface area (Å²) in [6.07, 6.45) is 5.26. The van der Waals surface area contributed by atoms with Gasteiger partial charge in [-0.15, -0.1) is 0 Å². The Morgan fingerprint density at radius 1 is 1.50 bits per heavy atom. The maximum absolute atomic E-state index is 9.82. The average Bonchev–Trinajstić information content (AvgIpc) is 2.73. The van der Waals surface area contributed by atoms with Crippen molar-refractivity contribution in [1.82, 2.24) is 5.32 Å². The molecule has 16 heavy (non-hydrogen) atoms. The molecule has 1 aliphatic heterocycles. The molecule has 1 saturated heterocycles. The van der Waals surface area contributed by atoms with Crippen LogP contribution in [0.4, 0.5) is 0 Å². The molecule has 92 valence electrons. The fourth-order valence-corrected chi connectivity index (χ4v) is 2.05. The molecule has 1 aliphatic carbocycles. The van der Waals surface area contributed by atoms with Crippen molar-refractivity contribution in [1.29, 1.82) is 0 Å². The molecule has 1 saturated carbocycles. The van der Waals surface area contributed by atoms with Gasteiger partial charge >= 0.3 is 0 Å². The Balaban J connectivity index is 1.65. The number of hydrogen-bond donors (Lipinski definition) is 3. The summed E-state index contributed by atoms with van der Waals surface area (Å²) in [6, 6.07) is 0. The highest BCUT2D eigenvalue weighted by Gasteiger charge is 2.33. The van der Waals surface area contributed by atoms with Gasteiger partial charge in [0.05, 0.1) is 18.2 Å². The maximum Gasteiger partial charge on any atom is 0.188 e.